The topological polar surface area (TPSA) is 17.1 Å². The minimum atomic E-state index is 0.232. The first-order chi connectivity index (χ1) is 7.08. The molecule has 80 valence electrons. The van der Waals surface area contributed by atoms with Crippen LogP contribution in [-0.2, 0) is 4.79 Å². The van der Waals surface area contributed by atoms with Crippen LogP contribution < -0.4 is 0 Å². The highest BCUT2D eigenvalue weighted by atomic mass is 79.9. The van der Waals surface area contributed by atoms with Gasteiger partial charge in [0.1, 0.15) is 5.78 Å². The van der Waals surface area contributed by atoms with Crippen LogP contribution in [0.2, 0.25) is 0 Å². The molecule has 0 spiro atoms. The summed E-state index contributed by atoms with van der Waals surface area (Å²) in [5.41, 5.74) is 0.927. The number of Topliss-reactive ketones (excluding diaryl/α,β-unsaturated/α-hetero) is 1. The molecule has 0 heterocycles. The lowest BCUT2D eigenvalue weighted by molar-refractivity contribution is -0.115. The number of carbonyl (C=O) groups excluding carboxylic acids is 1. The van der Waals surface area contributed by atoms with Crippen molar-refractivity contribution in [1.29, 1.82) is 0 Å². The van der Waals surface area contributed by atoms with Crippen molar-refractivity contribution in [3.63, 3.8) is 0 Å². The minimum absolute atomic E-state index is 0.232. The van der Waals surface area contributed by atoms with Crippen LogP contribution in [0.4, 0.5) is 0 Å². The Labute approximate surface area is 103 Å². The lowest BCUT2D eigenvalue weighted by Gasteiger charge is -2.01. The SMILES string of the molecule is C=C(C)CC(=O)CSc1ccc(Br)cc1. The van der Waals surface area contributed by atoms with Gasteiger partial charge in [-0.3, -0.25) is 4.79 Å². The van der Waals surface area contributed by atoms with E-state index in [4.69, 9.17) is 0 Å². The van der Waals surface area contributed by atoms with E-state index in [0.29, 0.717) is 12.2 Å². The highest BCUT2D eigenvalue weighted by molar-refractivity contribution is 9.10. The van der Waals surface area contributed by atoms with E-state index < -0.39 is 0 Å². The number of allylic oxidation sites excluding steroid dienone is 1. The van der Waals surface area contributed by atoms with Gasteiger partial charge >= 0.3 is 0 Å². The Hall–Kier alpha value is -0.540. The summed E-state index contributed by atoms with van der Waals surface area (Å²) in [4.78, 5) is 12.5. The Balaban J connectivity index is 2.40. The number of carbonyl (C=O) groups is 1. The Morgan fingerprint density at radius 1 is 1.40 bits per heavy atom. The Morgan fingerprint density at radius 3 is 2.53 bits per heavy atom. The third kappa shape index (κ3) is 5.19. The first kappa shape index (κ1) is 12.5. The van der Waals surface area contributed by atoms with Crippen molar-refractivity contribution in [2.45, 2.75) is 18.2 Å². The smallest absolute Gasteiger partial charge is 0.147 e. The van der Waals surface area contributed by atoms with E-state index in [1.54, 1.807) is 11.8 Å². The van der Waals surface area contributed by atoms with E-state index in [-0.39, 0.29) is 5.78 Å². The lowest BCUT2D eigenvalue weighted by Crippen LogP contribution is -2.00. The Kier molecular flexibility index (Phi) is 5.12. The molecule has 1 aromatic rings. The van der Waals surface area contributed by atoms with Crippen molar-refractivity contribution in [2.75, 3.05) is 5.75 Å². The molecule has 1 aromatic carbocycles. The first-order valence-electron chi connectivity index (χ1n) is 4.62. The summed E-state index contributed by atoms with van der Waals surface area (Å²) in [5, 5.41) is 0. The zero-order valence-corrected chi connectivity index (χ0v) is 11.0. The van der Waals surface area contributed by atoms with E-state index in [0.717, 1.165) is 14.9 Å². The van der Waals surface area contributed by atoms with E-state index in [2.05, 4.69) is 22.5 Å². The number of halogens is 1. The van der Waals surface area contributed by atoms with Crippen LogP contribution in [0.1, 0.15) is 13.3 Å². The fourth-order valence-electron chi connectivity index (χ4n) is 1.08. The van der Waals surface area contributed by atoms with Crippen LogP contribution >= 0.6 is 27.7 Å². The number of hydrogen-bond donors (Lipinski definition) is 0. The third-order valence-corrected chi connectivity index (χ3v) is 3.31. The molecule has 0 fully saturated rings. The molecule has 0 atom stereocenters. The molecule has 1 rings (SSSR count). The van der Waals surface area contributed by atoms with Gasteiger partial charge in [-0.15, -0.1) is 11.8 Å². The van der Waals surface area contributed by atoms with Gasteiger partial charge in [0.25, 0.3) is 0 Å². The summed E-state index contributed by atoms with van der Waals surface area (Å²) in [6.45, 7) is 5.60. The van der Waals surface area contributed by atoms with Crippen LogP contribution in [0.3, 0.4) is 0 Å². The predicted molar refractivity (Wildman–Crippen MR) is 69.3 cm³/mol. The monoisotopic (exact) mass is 284 g/mol. The molecule has 0 radical (unpaired) electrons. The molecule has 3 heteroatoms. The van der Waals surface area contributed by atoms with Crippen molar-refractivity contribution >= 4 is 33.5 Å². The standard InChI is InChI=1S/C12H13BrOS/c1-9(2)7-11(14)8-15-12-5-3-10(13)4-6-12/h3-6H,1,7-8H2,2H3. The highest BCUT2D eigenvalue weighted by Gasteiger charge is 2.03. The number of benzene rings is 1. The van der Waals surface area contributed by atoms with Gasteiger partial charge in [0.2, 0.25) is 0 Å². The molecule has 0 N–H and O–H groups in total. The van der Waals surface area contributed by atoms with Crippen molar-refractivity contribution in [3.05, 3.63) is 40.9 Å². The molecule has 0 amide bonds. The zero-order valence-electron chi connectivity index (χ0n) is 8.63. The van der Waals surface area contributed by atoms with Gasteiger partial charge in [-0.2, -0.15) is 0 Å². The van der Waals surface area contributed by atoms with Crippen LogP contribution in [0.15, 0.2) is 45.8 Å². The highest BCUT2D eigenvalue weighted by Crippen LogP contribution is 2.21. The van der Waals surface area contributed by atoms with Gasteiger partial charge < -0.3 is 0 Å². The fraction of sp³-hybridized carbons (Fsp3) is 0.250. The van der Waals surface area contributed by atoms with Crippen LogP contribution in [-0.4, -0.2) is 11.5 Å². The molecule has 0 aliphatic rings. The second kappa shape index (κ2) is 6.13. The average molecular weight is 285 g/mol. The summed E-state index contributed by atoms with van der Waals surface area (Å²) >= 11 is 4.94. The quantitative estimate of drug-likeness (QED) is 0.599. The van der Waals surface area contributed by atoms with Crippen molar-refractivity contribution in [2.24, 2.45) is 0 Å². The van der Waals surface area contributed by atoms with Crippen LogP contribution in [0, 0.1) is 0 Å². The fourth-order valence-corrected chi connectivity index (χ4v) is 2.10. The van der Waals surface area contributed by atoms with Crippen molar-refractivity contribution in [3.8, 4) is 0 Å². The second-order valence-corrected chi connectivity index (χ2v) is 5.38. The largest absolute Gasteiger partial charge is 0.298 e. The van der Waals surface area contributed by atoms with E-state index in [1.807, 2.05) is 31.2 Å². The molecule has 0 saturated heterocycles. The van der Waals surface area contributed by atoms with E-state index in [1.165, 1.54) is 0 Å². The van der Waals surface area contributed by atoms with Gasteiger partial charge in [0.05, 0.1) is 5.75 Å². The van der Waals surface area contributed by atoms with Gasteiger partial charge in [-0.05, 0) is 31.2 Å². The molecule has 0 aliphatic carbocycles. The summed E-state index contributed by atoms with van der Waals surface area (Å²) in [7, 11) is 0. The third-order valence-electron chi connectivity index (χ3n) is 1.71. The molecule has 1 nitrogen and oxygen atoms in total. The van der Waals surface area contributed by atoms with Crippen molar-refractivity contribution in [1.82, 2.24) is 0 Å². The Bertz CT molecular complexity index is 356. The number of thioether (sulfide) groups is 1. The first-order valence-corrected chi connectivity index (χ1v) is 6.40. The minimum Gasteiger partial charge on any atom is -0.298 e. The van der Waals surface area contributed by atoms with Crippen LogP contribution in [0.25, 0.3) is 0 Å². The molecule has 0 aromatic heterocycles. The molecular formula is C12H13BrOS. The predicted octanol–water partition coefficient (Wildman–Crippen LogP) is 4.08. The summed E-state index contributed by atoms with van der Waals surface area (Å²) in [5.74, 6) is 0.754. The van der Waals surface area contributed by atoms with Gasteiger partial charge in [-0.25, -0.2) is 0 Å². The normalized spacial score (nSPS) is 10.0. The van der Waals surface area contributed by atoms with Gasteiger partial charge in [0.15, 0.2) is 0 Å². The van der Waals surface area contributed by atoms with E-state index in [9.17, 15) is 4.79 Å². The van der Waals surface area contributed by atoms with Crippen LogP contribution in [0.5, 0.6) is 0 Å². The lowest BCUT2D eigenvalue weighted by atomic mass is 10.2. The van der Waals surface area contributed by atoms with E-state index >= 15 is 0 Å². The van der Waals surface area contributed by atoms with Gasteiger partial charge in [0, 0.05) is 15.8 Å². The molecule has 0 aliphatic heterocycles. The maximum absolute atomic E-state index is 11.4. The maximum Gasteiger partial charge on any atom is 0.147 e. The molecule has 0 saturated carbocycles. The number of hydrogen-bond acceptors (Lipinski definition) is 2. The molecule has 0 unspecified atom stereocenters. The zero-order chi connectivity index (χ0) is 11.3. The van der Waals surface area contributed by atoms with Crippen molar-refractivity contribution < 1.29 is 4.79 Å². The summed E-state index contributed by atoms with van der Waals surface area (Å²) in [6, 6.07) is 7.96. The summed E-state index contributed by atoms with van der Waals surface area (Å²) < 4.78 is 1.06. The molecule has 0 bridgehead atoms. The molecular weight excluding hydrogens is 272 g/mol. The second-order valence-electron chi connectivity index (χ2n) is 3.42. The summed E-state index contributed by atoms with van der Waals surface area (Å²) in [6.07, 6.45) is 0.490. The number of ketones is 1. The Morgan fingerprint density at radius 2 is 2.00 bits per heavy atom. The number of rotatable bonds is 5. The molecule has 15 heavy (non-hydrogen) atoms. The average Bonchev–Trinajstić information content (AvgIpc) is 2.16. The maximum atomic E-state index is 11.4. The van der Waals surface area contributed by atoms with Gasteiger partial charge in [-0.1, -0.05) is 28.1 Å².